The maximum absolute atomic E-state index is 5.44. The molecule has 3 aromatic rings. The topological polar surface area (TPSA) is 75.8 Å². The van der Waals surface area contributed by atoms with E-state index in [1.807, 2.05) is 34.9 Å². The van der Waals surface area contributed by atoms with Crippen LogP contribution in [0, 0.1) is 6.92 Å². The molecular formula is C21H29IN6O. The molecular weight excluding hydrogens is 479 g/mol. The Morgan fingerprint density at radius 1 is 1.10 bits per heavy atom. The standard InChI is InChI=1S/C21H28N6O.HI/c1-16-9-10-18(28-3)17(15-16)11-13-24-21(22-2)23-12-6-8-20-26-25-19-7-4-5-14-27(19)20;/h4-5,7,9-10,14-15H,6,8,11-13H2,1-3H3,(H2,22,23,24);1H. The third-order valence-corrected chi connectivity index (χ3v) is 4.60. The third kappa shape index (κ3) is 6.31. The second-order valence-electron chi connectivity index (χ2n) is 6.64. The van der Waals surface area contributed by atoms with Crippen LogP contribution in [0.15, 0.2) is 47.6 Å². The van der Waals surface area contributed by atoms with Crippen LogP contribution < -0.4 is 15.4 Å². The predicted octanol–water partition coefficient (Wildman–Crippen LogP) is 3.00. The van der Waals surface area contributed by atoms with Gasteiger partial charge in [0, 0.05) is 32.8 Å². The van der Waals surface area contributed by atoms with Crippen LogP contribution in [0.25, 0.3) is 5.65 Å². The van der Waals surface area contributed by atoms with Gasteiger partial charge >= 0.3 is 0 Å². The zero-order chi connectivity index (χ0) is 19.8. The Balaban J connectivity index is 0.00000300. The van der Waals surface area contributed by atoms with Gasteiger partial charge in [-0.05, 0) is 43.5 Å². The number of guanidine groups is 1. The van der Waals surface area contributed by atoms with E-state index >= 15 is 0 Å². The molecule has 156 valence electrons. The summed E-state index contributed by atoms with van der Waals surface area (Å²) in [5, 5.41) is 15.2. The first kappa shape index (κ1) is 22.9. The second kappa shape index (κ2) is 11.6. The summed E-state index contributed by atoms with van der Waals surface area (Å²) in [5.74, 6) is 2.71. The number of aryl methyl sites for hydroxylation is 2. The van der Waals surface area contributed by atoms with Crippen molar-refractivity contribution >= 4 is 35.6 Å². The number of hydrogen-bond donors (Lipinski definition) is 2. The highest BCUT2D eigenvalue weighted by Crippen LogP contribution is 2.19. The number of halogens is 1. The fraction of sp³-hybridized carbons (Fsp3) is 0.381. The average Bonchev–Trinajstić information content (AvgIpc) is 3.13. The van der Waals surface area contributed by atoms with Crippen molar-refractivity contribution in [1.29, 1.82) is 0 Å². The third-order valence-electron chi connectivity index (χ3n) is 4.60. The zero-order valence-electron chi connectivity index (χ0n) is 17.2. The van der Waals surface area contributed by atoms with E-state index in [0.29, 0.717) is 0 Å². The van der Waals surface area contributed by atoms with Gasteiger partial charge in [0.15, 0.2) is 11.6 Å². The fourth-order valence-corrected chi connectivity index (χ4v) is 3.15. The van der Waals surface area contributed by atoms with Crippen LogP contribution in [-0.2, 0) is 12.8 Å². The zero-order valence-corrected chi connectivity index (χ0v) is 19.5. The minimum Gasteiger partial charge on any atom is -0.496 e. The molecule has 0 unspecified atom stereocenters. The fourth-order valence-electron chi connectivity index (χ4n) is 3.15. The van der Waals surface area contributed by atoms with Gasteiger partial charge < -0.3 is 15.4 Å². The molecule has 7 nitrogen and oxygen atoms in total. The first-order valence-corrected chi connectivity index (χ1v) is 9.58. The van der Waals surface area contributed by atoms with Gasteiger partial charge in [0.2, 0.25) is 0 Å². The molecule has 0 fully saturated rings. The molecule has 0 atom stereocenters. The van der Waals surface area contributed by atoms with E-state index in [0.717, 1.165) is 55.5 Å². The molecule has 0 radical (unpaired) electrons. The summed E-state index contributed by atoms with van der Waals surface area (Å²) in [4.78, 5) is 4.29. The molecule has 0 aliphatic rings. The van der Waals surface area contributed by atoms with Crippen LogP contribution in [0.5, 0.6) is 5.75 Å². The van der Waals surface area contributed by atoms with E-state index in [1.165, 1.54) is 11.1 Å². The number of methoxy groups -OCH3 is 1. The van der Waals surface area contributed by atoms with Crippen LogP contribution in [-0.4, -0.2) is 47.8 Å². The van der Waals surface area contributed by atoms with Gasteiger partial charge in [-0.25, -0.2) is 0 Å². The summed E-state index contributed by atoms with van der Waals surface area (Å²) in [6, 6.07) is 12.2. The molecule has 0 saturated heterocycles. The molecule has 0 saturated carbocycles. The summed E-state index contributed by atoms with van der Waals surface area (Å²) in [5.41, 5.74) is 3.32. The number of aliphatic imine (C=N–C) groups is 1. The lowest BCUT2D eigenvalue weighted by atomic mass is 10.1. The molecule has 0 spiro atoms. The highest BCUT2D eigenvalue weighted by Gasteiger charge is 2.06. The molecule has 2 N–H and O–H groups in total. The number of rotatable bonds is 8. The predicted molar refractivity (Wildman–Crippen MR) is 128 cm³/mol. The smallest absolute Gasteiger partial charge is 0.190 e. The Kier molecular flexibility index (Phi) is 9.17. The van der Waals surface area contributed by atoms with Crippen molar-refractivity contribution in [3.8, 4) is 5.75 Å². The number of pyridine rings is 1. The Morgan fingerprint density at radius 2 is 1.93 bits per heavy atom. The van der Waals surface area contributed by atoms with E-state index in [2.05, 4.69) is 44.9 Å². The molecule has 0 amide bonds. The quantitative estimate of drug-likeness (QED) is 0.212. The largest absolute Gasteiger partial charge is 0.496 e. The van der Waals surface area contributed by atoms with Crippen molar-refractivity contribution < 1.29 is 4.74 Å². The summed E-state index contributed by atoms with van der Waals surface area (Å²) in [7, 11) is 3.50. The Hall–Kier alpha value is -2.36. The number of nitrogens with one attached hydrogen (secondary N) is 2. The van der Waals surface area contributed by atoms with E-state index in [1.54, 1.807) is 14.2 Å². The summed E-state index contributed by atoms with van der Waals surface area (Å²) in [6.45, 7) is 3.69. The summed E-state index contributed by atoms with van der Waals surface area (Å²) in [6.07, 6.45) is 4.67. The molecule has 3 rings (SSSR count). The first-order chi connectivity index (χ1) is 13.7. The average molecular weight is 508 g/mol. The number of hydrogen-bond acceptors (Lipinski definition) is 4. The van der Waals surface area contributed by atoms with Crippen molar-refractivity contribution in [2.75, 3.05) is 27.2 Å². The molecule has 29 heavy (non-hydrogen) atoms. The highest BCUT2D eigenvalue weighted by molar-refractivity contribution is 14.0. The van der Waals surface area contributed by atoms with Gasteiger partial charge in [0.05, 0.1) is 7.11 Å². The minimum atomic E-state index is 0. The molecule has 2 aromatic heterocycles. The van der Waals surface area contributed by atoms with Crippen LogP contribution in [0.3, 0.4) is 0 Å². The Labute approximate surface area is 189 Å². The molecule has 0 bridgehead atoms. The van der Waals surface area contributed by atoms with Crippen molar-refractivity contribution in [2.45, 2.75) is 26.2 Å². The van der Waals surface area contributed by atoms with Gasteiger partial charge in [0.1, 0.15) is 11.6 Å². The summed E-state index contributed by atoms with van der Waals surface area (Å²) < 4.78 is 7.47. The van der Waals surface area contributed by atoms with Gasteiger partial charge in [-0.1, -0.05) is 23.8 Å². The van der Waals surface area contributed by atoms with Crippen LogP contribution in [0.2, 0.25) is 0 Å². The number of benzene rings is 1. The second-order valence-corrected chi connectivity index (χ2v) is 6.64. The lowest BCUT2D eigenvalue weighted by molar-refractivity contribution is 0.409. The number of aromatic nitrogens is 3. The summed E-state index contributed by atoms with van der Waals surface area (Å²) >= 11 is 0. The van der Waals surface area contributed by atoms with Gasteiger partial charge in [-0.2, -0.15) is 0 Å². The normalized spacial score (nSPS) is 11.2. The van der Waals surface area contributed by atoms with E-state index in [4.69, 9.17) is 4.74 Å². The van der Waals surface area contributed by atoms with Crippen LogP contribution in [0.4, 0.5) is 0 Å². The molecule has 8 heteroatoms. The highest BCUT2D eigenvalue weighted by atomic mass is 127. The number of ether oxygens (including phenoxy) is 1. The van der Waals surface area contributed by atoms with E-state index in [-0.39, 0.29) is 24.0 Å². The maximum atomic E-state index is 5.44. The van der Waals surface area contributed by atoms with Gasteiger partial charge in [-0.3, -0.25) is 9.39 Å². The minimum absolute atomic E-state index is 0. The lowest BCUT2D eigenvalue weighted by Gasteiger charge is -2.13. The molecule has 2 heterocycles. The maximum Gasteiger partial charge on any atom is 0.190 e. The van der Waals surface area contributed by atoms with Crippen molar-refractivity contribution in [2.24, 2.45) is 4.99 Å². The Bertz CT molecular complexity index is 940. The molecule has 0 aliphatic carbocycles. The van der Waals surface area contributed by atoms with Crippen molar-refractivity contribution in [3.63, 3.8) is 0 Å². The lowest BCUT2D eigenvalue weighted by Crippen LogP contribution is -2.38. The monoisotopic (exact) mass is 508 g/mol. The molecule has 0 aliphatic heterocycles. The van der Waals surface area contributed by atoms with Crippen LogP contribution >= 0.6 is 24.0 Å². The van der Waals surface area contributed by atoms with E-state index in [9.17, 15) is 0 Å². The van der Waals surface area contributed by atoms with Crippen LogP contribution in [0.1, 0.15) is 23.4 Å². The number of nitrogens with zero attached hydrogens (tertiary/aromatic N) is 4. The van der Waals surface area contributed by atoms with Crippen molar-refractivity contribution in [1.82, 2.24) is 25.2 Å². The number of fused-ring (bicyclic) bond motifs is 1. The SMILES string of the molecule is CN=C(NCCCc1nnc2ccccn12)NCCc1cc(C)ccc1OC.I. The van der Waals surface area contributed by atoms with Gasteiger partial charge in [-0.15, -0.1) is 34.2 Å². The molecule has 1 aromatic carbocycles. The Morgan fingerprint density at radius 3 is 2.72 bits per heavy atom. The first-order valence-electron chi connectivity index (χ1n) is 9.58. The van der Waals surface area contributed by atoms with E-state index < -0.39 is 0 Å². The van der Waals surface area contributed by atoms with Crippen molar-refractivity contribution in [3.05, 3.63) is 59.5 Å². The van der Waals surface area contributed by atoms with Gasteiger partial charge in [0.25, 0.3) is 0 Å².